The van der Waals surface area contributed by atoms with Crippen molar-refractivity contribution in [2.24, 2.45) is 0 Å². The Morgan fingerprint density at radius 2 is 2.11 bits per heavy atom. The lowest BCUT2D eigenvalue weighted by atomic mass is 10.0. The van der Waals surface area contributed by atoms with Crippen LogP contribution in [0.15, 0.2) is 58.2 Å². The predicted molar refractivity (Wildman–Crippen MR) is 141 cm³/mol. The zero-order valence-electron chi connectivity index (χ0n) is 20.7. The molecule has 1 aliphatic rings. The molecule has 0 radical (unpaired) electrons. The van der Waals surface area contributed by atoms with E-state index < -0.39 is 6.09 Å². The summed E-state index contributed by atoms with van der Waals surface area (Å²) in [7, 11) is 5.48. The number of ether oxygens (including phenoxy) is 2. The molecule has 5 rings (SSSR count). The molecule has 2 aromatic heterocycles. The number of hydrogen-bond acceptors (Lipinski definition) is 7. The maximum atomic E-state index is 13.2. The molecule has 2 N–H and O–H groups in total. The van der Waals surface area contributed by atoms with Gasteiger partial charge in [0.1, 0.15) is 11.9 Å². The summed E-state index contributed by atoms with van der Waals surface area (Å²) in [5, 5.41) is 3.17. The Hall–Kier alpha value is -3.82. The maximum absolute atomic E-state index is 13.2. The van der Waals surface area contributed by atoms with Crippen molar-refractivity contribution in [3.05, 3.63) is 70.3 Å². The number of rotatable bonds is 7. The third-order valence-electron chi connectivity index (χ3n) is 6.58. The van der Waals surface area contributed by atoms with Gasteiger partial charge in [0.15, 0.2) is 17.6 Å². The number of likely N-dealkylation sites (N-methyl/N-ethyl adjacent to an activating group) is 1. The molecule has 0 bridgehead atoms. The van der Waals surface area contributed by atoms with Gasteiger partial charge in [0.05, 0.1) is 30.4 Å². The summed E-state index contributed by atoms with van der Waals surface area (Å²) in [6, 6.07) is 11.0. The highest BCUT2D eigenvalue weighted by Crippen LogP contribution is 2.39. The number of carbonyl (C=O) groups excluding carboxylic acids is 1. The highest BCUT2D eigenvalue weighted by molar-refractivity contribution is 6.18. The average molecular weight is 523 g/mol. The van der Waals surface area contributed by atoms with E-state index in [0.717, 1.165) is 16.7 Å². The molecule has 1 amide bonds. The SMILES string of the molecule is COc1cc2[nH]c(-c3ccc4c(c3)C(N(C)C)[C@H](OC(=O)NCCCl)C4)cc(=O)c2cc1-c1cnco1. The lowest BCUT2D eigenvalue weighted by Crippen LogP contribution is -2.36. The van der Waals surface area contributed by atoms with E-state index in [9.17, 15) is 9.59 Å². The van der Waals surface area contributed by atoms with Crippen LogP contribution in [0.2, 0.25) is 0 Å². The lowest BCUT2D eigenvalue weighted by Gasteiger charge is -2.27. The molecule has 9 nitrogen and oxygen atoms in total. The number of methoxy groups -OCH3 is 1. The van der Waals surface area contributed by atoms with Gasteiger partial charge in [-0.1, -0.05) is 12.1 Å². The van der Waals surface area contributed by atoms with Crippen LogP contribution in [0.3, 0.4) is 0 Å². The van der Waals surface area contributed by atoms with Crippen LogP contribution in [0.4, 0.5) is 4.79 Å². The number of nitrogens with one attached hydrogen (secondary N) is 2. The van der Waals surface area contributed by atoms with Crippen LogP contribution < -0.4 is 15.5 Å². The van der Waals surface area contributed by atoms with Crippen molar-refractivity contribution in [2.45, 2.75) is 18.6 Å². The third-order valence-corrected chi connectivity index (χ3v) is 6.76. The number of aromatic amines is 1. The van der Waals surface area contributed by atoms with Crippen LogP contribution in [0.25, 0.3) is 33.5 Å². The predicted octanol–water partition coefficient (Wildman–Crippen LogP) is 4.35. The van der Waals surface area contributed by atoms with Crippen molar-refractivity contribution in [1.82, 2.24) is 20.2 Å². The van der Waals surface area contributed by atoms with Gasteiger partial charge >= 0.3 is 6.09 Å². The van der Waals surface area contributed by atoms with Crippen molar-refractivity contribution < 1.29 is 18.7 Å². The number of nitrogens with zero attached hydrogens (tertiary/aromatic N) is 2. The minimum Gasteiger partial charge on any atom is -0.496 e. The molecule has 0 spiro atoms. The second-order valence-electron chi connectivity index (χ2n) is 9.10. The number of alkyl carbamates (subject to hydrolysis) is 1. The molecular formula is C27H27ClN4O5. The monoisotopic (exact) mass is 522 g/mol. The second-order valence-corrected chi connectivity index (χ2v) is 9.47. The molecule has 2 heterocycles. The van der Waals surface area contributed by atoms with E-state index >= 15 is 0 Å². The second kappa shape index (κ2) is 10.3. The molecule has 4 aromatic rings. The van der Waals surface area contributed by atoms with Gasteiger partial charge in [-0.2, -0.15) is 0 Å². The quantitative estimate of drug-likeness (QED) is 0.347. The summed E-state index contributed by atoms with van der Waals surface area (Å²) in [4.78, 5) is 34.8. The minimum absolute atomic E-state index is 0.131. The van der Waals surface area contributed by atoms with Crippen molar-refractivity contribution in [2.75, 3.05) is 33.6 Å². The van der Waals surface area contributed by atoms with Crippen LogP contribution in [0.5, 0.6) is 5.75 Å². The molecular weight excluding hydrogens is 496 g/mol. The molecule has 192 valence electrons. The fourth-order valence-electron chi connectivity index (χ4n) is 4.94. The van der Waals surface area contributed by atoms with Crippen molar-refractivity contribution in [3.63, 3.8) is 0 Å². The largest absolute Gasteiger partial charge is 0.496 e. The maximum Gasteiger partial charge on any atom is 0.407 e. The van der Waals surface area contributed by atoms with Crippen molar-refractivity contribution >= 4 is 28.6 Å². The summed E-state index contributed by atoms with van der Waals surface area (Å²) >= 11 is 5.67. The van der Waals surface area contributed by atoms with Crippen molar-refractivity contribution in [1.29, 1.82) is 0 Å². The van der Waals surface area contributed by atoms with Gasteiger partial charge in [0.2, 0.25) is 0 Å². The Kier molecular flexibility index (Phi) is 6.90. The summed E-state index contributed by atoms with van der Waals surface area (Å²) in [6.45, 7) is 0.344. The zero-order valence-corrected chi connectivity index (χ0v) is 21.5. The highest BCUT2D eigenvalue weighted by atomic mass is 35.5. The number of benzene rings is 2. The molecule has 37 heavy (non-hydrogen) atoms. The molecule has 1 unspecified atom stereocenters. The Balaban J connectivity index is 1.51. The number of H-pyrrole nitrogens is 1. The van der Waals surface area contributed by atoms with E-state index in [1.165, 1.54) is 6.39 Å². The van der Waals surface area contributed by atoms with Gasteiger partial charge in [-0.15, -0.1) is 11.6 Å². The first-order valence-electron chi connectivity index (χ1n) is 11.8. The van der Waals surface area contributed by atoms with Crippen LogP contribution in [0.1, 0.15) is 17.2 Å². The Labute approximate surface area is 218 Å². The highest BCUT2D eigenvalue weighted by Gasteiger charge is 2.37. The van der Waals surface area contributed by atoms with Gasteiger partial charge in [-0.3, -0.25) is 9.69 Å². The van der Waals surface area contributed by atoms with Gasteiger partial charge in [0.25, 0.3) is 0 Å². The summed E-state index contributed by atoms with van der Waals surface area (Å²) in [5.74, 6) is 1.40. The fourth-order valence-corrected chi connectivity index (χ4v) is 5.03. The van der Waals surface area contributed by atoms with E-state index in [1.807, 2.05) is 31.1 Å². The minimum atomic E-state index is -0.483. The molecule has 0 saturated carbocycles. The molecule has 0 fully saturated rings. The van der Waals surface area contributed by atoms with E-state index in [1.54, 1.807) is 31.5 Å². The Morgan fingerprint density at radius 3 is 2.81 bits per heavy atom. The summed E-state index contributed by atoms with van der Waals surface area (Å²) < 4.78 is 16.7. The molecule has 2 atom stereocenters. The van der Waals surface area contributed by atoms with Gasteiger partial charge < -0.3 is 24.2 Å². The number of pyridine rings is 1. The third kappa shape index (κ3) is 4.80. The first-order valence-corrected chi connectivity index (χ1v) is 12.4. The number of carbonyl (C=O) groups is 1. The number of aromatic nitrogens is 2. The van der Waals surface area contributed by atoms with E-state index in [2.05, 4.69) is 21.4 Å². The first kappa shape index (κ1) is 24.9. The van der Waals surface area contributed by atoms with Crippen LogP contribution in [-0.2, 0) is 11.2 Å². The molecule has 0 saturated heterocycles. The molecule has 1 aliphatic carbocycles. The first-order chi connectivity index (χ1) is 17.9. The van der Waals surface area contributed by atoms with Gasteiger partial charge in [0, 0.05) is 42.1 Å². The number of hydrogen-bond donors (Lipinski definition) is 2. The van der Waals surface area contributed by atoms with Crippen LogP contribution in [-0.4, -0.2) is 60.7 Å². The van der Waals surface area contributed by atoms with E-state index in [0.29, 0.717) is 52.5 Å². The van der Waals surface area contributed by atoms with Crippen molar-refractivity contribution in [3.8, 4) is 28.3 Å². The number of fused-ring (bicyclic) bond motifs is 2. The zero-order chi connectivity index (χ0) is 26.1. The average Bonchev–Trinajstić information content (AvgIpc) is 3.54. The lowest BCUT2D eigenvalue weighted by molar-refractivity contribution is 0.0538. The van der Waals surface area contributed by atoms with Crippen LogP contribution in [0, 0.1) is 0 Å². The summed E-state index contributed by atoms with van der Waals surface area (Å²) in [6.07, 6.45) is 2.69. The number of halogens is 1. The molecule has 2 aromatic carbocycles. The number of alkyl halides is 1. The standard InChI is InChI=1S/C27H27ClN4O5/c1-32(2)26-17-8-16(5-4-15(17)9-24(26)37-27(34)30-7-6-28)20-11-22(33)18-10-19(25-13-29-14-36-25)23(35-3)12-21(18)31-20/h4-5,8,10-14,24,26H,6-7,9H2,1-3H3,(H,30,34)(H,31,33)/t24-,26?/m1/s1. The van der Waals surface area contributed by atoms with Gasteiger partial charge in [-0.05, 0) is 42.9 Å². The normalized spacial score (nSPS) is 16.7. The topological polar surface area (TPSA) is 110 Å². The summed E-state index contributed by atoms with van der Waals surface area (Å²) in [5.41, 5.74) is 4.85. The fraction of sp³-hybridized carbons (Fsp3) is 0.296. The number of amides is 1. The van der Waals surface area contributed by atoms with Gasteiger partial charge in [-0.25, -0.2) is 9.78 Å². The van der Waals surface area contributed by atoms with E-state index in [4.69, 9.17) is 25.5 Å². The van der Waals surface area contributed by atoms with Crippen LogP contribution >= 0.6 is 11.6 Å². The number of oxazole rings is 1. The Bertz CT molecular complexity index is 1500. The Morgan fingerprint density at radius 1 is 1.27 bits per heavy atom. The molecule has 10 heteroatoms. The van der Waals surface area contributed by atoms with E-state index in [-0.39, 0.29) is 17.6 Å². The molecule has 0 aliphatic heterocycles. The smallest absolute Gasteiger partial charge is 0.407 e.